The highest BCUT2D eigenvalue weighted by Gasteiger charge is 2.26. The van der Waals surface area contributed by atoms with E-state index in [1.165, 1.54) is 0 Å². The molecule has 0 amide bonds. The lowest BCUT2D eigenvalue weighted by Gasteiger charge is -2.34. The van der Waals surface area contributed by atoms with E-state index in [1.54, 1.807) is 68.0 Å². The molecular weight excluding hydrogens is 1030 g/mol. The summed E-state index contributed by atoms with van der Waals surface area (Å²) in [6.45, 7) is 14.4. The van der Waals surface area contributed by atoms with Crippen molar-refractivity contribution in [3.63, 3.8) is 0 Å². The minimum absolute atomic E-state index is 0. The first-order chi connectivity index (χ1) is 35.6. The van der Waals surface area contributed by atoms with E-state index in [0.717, 1.165) is 59.8 Å². The van der Waals surface area contributed by atoms with Gasteiger partial charge in [0.15, 0.2) is 34.9 Å². The van der Waals surface area contributed by atoms with Gasteiger partial charge in [0.25, 0.3) is 0 Å². The first-order valence-electron chi connectivity index (χ1n) is 24.3. The van der Waals surface area contributed by atoms with Gasteiger partial charge < -0.3 is 33.5 Å². The largest absolute Gasteiger partial charge is 0.377 e. The number of hydrogen-bond acceptors (Lipinski definition) is 20. The van der Waals surface area contributed by atoms with Gasteiger partial charge in [-0.3, -0.25) is 9.50 Å². The van der Waals surface area contributed by atoms with Crippen molar-refractivity contribution < 1.29 is 26.8 Å². The van der Waals surface area contributed by atoms with Gasteiger partial charge in [-0.15, -0.1) is 0 Å². The standard InChI is InChI=1S/C19H24N6O2S.C16H23N5O2S.C14H20N6O2S.CH4/c1-13-12-27-10-9-24(13)17-11-15(23-28(3,4)26)21-19(22-17)18-14(2)20-16-7-5-6-8-25(16)18;1-12-11-23-9-8-21(12)15-10-14(19-24(3,4)22)17-16(18-15)13-6-5-7-20(13)2;1-10-9-22-7-6-20(10)13-8-12(19-23(2,3)21)16-14(17-13)11-4-5-15-18-11;/h5-8,11,13H,9-10,12H2,1-4H3;5-7,10,12H,8-9,11H2,1-4H3;4-5,8,10H,6-7,9H2,1-3H3,(H,15,18);1H4/t13-;12-;10-;/m111./s1. The van der Waals surface area contributed by atoms with Gasteiger partial charge in [0.05, 0.1) is 69.2 Å². The van der Waals surface area contributed by atoms with Crippen LogP contribution in [-0.4, -0.2) is 182 Å². The molecule has 3 aliphatic heterocycles. The van der Waals surface area contributed by atoms with Crippen LogP contribution in [0.1, 0.15) is 33.9 Å². The van der Waals surface area contributed by atoms with Gasteiger partial charge in [-0.25, -0.2) is 47.5 Å². The SMILES string of the molecule is C.C[C@@H]1COCCN1c1cc(N=S(C)(C)=O)nc(-c2cccn2C)n1.C[C@@H]1COCCN1c1cc(N=S(C)(C)=O)nc(-c2ccn[nH]2)n1.Cc1nc2ccccn2c1-c1nc(N=S(C)(C)=O)cc(N2CCOC[C@H]2C)n1. The minimum atomic E-state index is -2.36. The number of hydrogen-bond donors (Lipinski definition) is 1. The monoisotopic (exact) mass is 1100 g/mol. The van der Waals surface area contributed by atoms with E-state index in [9.17, 15) is 12.6 Å². The lowest BCUT2D eigenvalue weighted by molar-refractivity contribution is 0.0985. The number of nitrogens with zero attached hydrogens (tertiary/aromatic N) is 16. The van der Waals surface area contributed by atoms with Crippen molar-refractivity contribution in [1.29, 1.82) is 0 Å². The molecule has 10 rings (SSSR count). The van der Waals surface area contributed by atoms with Crippen LogP contribution in [0.2, 0.25) is 0 Å². The Kier molecular flexibility index (Phi) is 18.3. The fraction of sp³-hybridized carbons (Fsp3) is 0.480. The molecule has 0 saturated carbocycles. The topological polar surface area (TPSA) is 254 Å². The first kappa shape index (κ1) is 57.3. The second-order valence-corrected chi connectivity index (χ2v) is 27.0. The third-order valence-electron chi connectivity index (χ3n) is 11.9. The Balaban J connectivity index is 0.000000166. The van der Waals surface area contributed by atoms with Crippen LogP contribution in [0, 0.1) is 6.92 Å². The van der Waals surface area contributed by atoms with Crippen molar-refractivity contribution in [2.45, 2.75) is 53.2 Å². The Morgan fingerprint density at radius 1 is 0.579 bits per heavy atom. The second-order valence-electron chi connectivity index (χ2n) is 19.3. The molecule has 0 bridgehead atoms. The Morgan fingerprint density at radius 2 is 1.04 bits per heavy atom. The summed E-state index contributed by atoms with van der Waals surface area (Å²) in [6.07, 6.45) is 15.1. The van der Waals surface area contributed by atoms with Crippen molar-refractivity contribution in [3.05, 3.63) is 78.9 Å². The molecule has 0 aliphatic carbocycles. The van der Waals surface area contributed by atoms with Crippen molar-refractivity contribution in [1.82, 2.24) is 54.1 Å². The number of aromatic amines is 1. The third kappa shape index (κ3) is 14.9. The third-order valence-corrected chi connectivity index (χ3v) is 13.7. The van der Waals surface area contributed by atoms with Crippen LogP contribution in [0.3, 0.4) is 0 Å². The number of nitrogens with one attached hydrogen (secondary N) is 1. The van der Waals surface area contributed by atoms with Gasteiger partial charge in [-0.2, -0.15) is 18.2 Å². The maximum Gasteiger partial charge on any atom is 0.182 e. The van der Waals surface area contributed by atoms with Crippen LogP contribution in [-0.2, 0) is 50.4 Å². The fourth-order valence-electron chi connectivity index (χ4n) is 8.52. The molecule has 0 unspecified atom stereocenters. The number of imidazole rings is 1. The van der Waals surface area contributed by atoms with Gasteiger partial charge >= 0.3 is 0 Å². The van der Waals surface area contributed by atoms with Crippen LogP contribution in [0.5, 0.6) is 0 Å². The zero-order valence-corrected chi connectivity index (χ0v) is 46.8. The first-order valence-corrected chi connectivity index (χ1v) is 31.3. The van der Waals surface area contributed by atoms with Crippen LogP contribution in [0.15, 0.2) is 86.3 Å². The maximum atomic E-state index is 12.3. The highest BCUT2D eigenvalue weighted by atomic mass is 32.2. The van der Waals surface area contributed by atoms with Crippen LogP contribution < -0.4 is 14.7 Å². The Morgan fingerprint density at radius 3 is 1.47 bits per heavy atom. The second kappa shape index (κ2) is 24.3. The fourth-order valence-corrected chi connectivity index (χ4v) is 10.2. The number of aromatic nitrogens is 11. The summed E-state index contributed by atoms with van der Waals surface area (Å²) in [5.74, 6) is 5.17. The molecule has 3 atom stereocenters. The van der Waals surface area contributed by atoms with E-state index in [0.29, 0.717) is 80.3 Å². The average Bonchev–Trinajstić information content (AvgIpc) is 4.11. The highest BCUT2D eigenvalue weighted by molar-refractivity contribution is 7.92. The Labute approximate surface area is 446 Å². The predicted octanol–water partition coefficient (Wildman–Crippen LogP) is 6.84. The van der Waals surface area contributed by atoms with Crippen molar-refractivity contribution in [2.75, 3.05) is 112 Å². The molecule has 3 aliphatic rings. The van der Waals surface area contributed by atoms with Gasteiger partial charge in [0.2, 0.25) is 0 Å². The van der Waals surface area contributed by atoms with Crippen molar-refractivity contribution in [2.24, 2.45) is 20.1 Å². The molecular formula is C50H71N17O6S3. The van der Waals surface area contributed by atoms with Gasteiger partial charge in [-0.1, -0.05) is 13.5 Å². The summed E-state index contributed by atoms with van der Waals surface area (Å²) in [6, 6.07) is 17.5. The van der Waals surface area contributed by atoms with E-state index in [2.05, 4.69) is 83.7 Å². The number of ether oxygens (including phenoxy) is 3. The molecule has 76 heavy (non-hydrogen) atoms. The zero-order valence-electron chi connectivity index (χ0n) is 44.4. The molecule has 7 aromatic rings. The molecule has 3 fully saturated rings. The summed E-state index contributed by atoms with van der Waals surface area (Å²) in [4.78, 5) is 38.8. The summed E-state index contributed by atoms with van der Waals surface area (Å²) in [7, 11) is -5.02. The van der Waals surface area contributed by atoms with Crippen LogP contribution >= 0.6 is 0 Å². The molecule has 410 valence electrons. The van der Waals surface area contributed by atoms with Gasteiger partial charge in [0, 0.05) is 130 Å². The van der Waals surface area contributed by atoms with Crippen LogP contribution in [0.4, 0.5) is 34.9 Å². The zero-order chi connectivity index (χ0) is 53.7. The number of morpholine rings is 3. The molecule has 0 radical (unpaired) electrons. The van der Waals surface area contributed by atoms with E-state index >= 15 is 0 Å². The highest BCUT2D eigenvalue weighted by Crippen LogP contribution is 2.31. The smallest absolute Gasteiger partial charge is 0.182 e. The summed E-state index contributed by atoms with van der Waals surface area (Å²) < 4.78 is 69.8. The number of fused-ring (bicyclic) bond motifs is 1. The molecule has 0 spiro atoms. The number of H-pyrrole nitrogens is 1. The van der Waals surface area contributed by atoms with E-state index in [-0.39, 0.29) is 25.6 Å². The van der Waals surface area contributed by atoms with Gasteiger partial charge in [0.1, 0.15) is 34.5 Å². The molecule has 1 N–H and O–H groups in total. The summed E-state index contributed by atoms with van der Waals surface area (Å²) in [5, 5.41) is 6.79. The Bertz CT molecular complexity index is 3500. The number of aryl methyl sites for hydroxylation is 2. The predicted molar refractivity (Wildman–Crippen MR) is 303 cm³/mol. The van der Waals surface area contributed by atoms with E-state index < -0.39 is 29.2 Å². The molecule has 23 nitrogen and oxygen atoms in total. The Hall–Kier alpha value is -6.45. The van der Waals surface area contributed by atoms with E-state index in [1.807, 2.05) is 65.7 Å². The molecule has 3 saturated heterocycles. The van der Waals surface area contributed by atoms with Crippen LogP contribution in [0.25, 0.3) is 40.2 Å². The summed E-state index contributed by atoms with van der Waals surface area (Å²) >= 11 is 0. The lowest BCUT2D eigenvalue weighted by atomic mass is 10.2. The number of anilines is 3. The number of pyridine rings is 1. The number of rotatable bonds is 9. The minimum Gasteiger partial charge on any atom is -0.377 e. The molecule has 10 heterocycles. The molecule has 26 heteroatoms. The maximum absolute atomic E-state index is 12.3. The van der Waals surface area contributed by atoms with Crippen molar-refractivity contribution >= 4 is 69.7 Å². The lowest BCUT2D eigenvalue weighted by Crippen LogP contribution is -2.44. The molecule has 0 aromatic carbocycles. The van der Waals surface area contributed by atoms with Crippen molar-refractivity contribution in [3.8, 4) is 34.6 Å². The average molecular weight is 1100 g/mol. The van der Waals surface area contributed by atoms with Gasteiger partial charge in [-0.05, 0) is 58.0 Å². The van der Waals surface area contributed by atoms with E-state index in [4.69, 9.17) is 24.2 Å². The normalized spacial score (nSPS) is 18.2. The molecule has 7 aromatic heterocycles. The quantitative estimate of drug-likeness (QED) is 0.155. The summed E-state index contributed by atoms with van der Waals surface area (Å²) in [5.41, 5.74) is 4.07.